The van der Waals surface area contributed by atoms with E-state index in [-0.39, 0.29) is 22.6 Å². The number of benzene rings is 1. The third-order valence-electron chi connectivity index (χ3n) is 4.19. The van der Waals surface area contributed by atoms with Crippen molar-refractivity contribution in [3.05, 3.63) is 91.6 Å². The molecule has 0 spiro atoms. The topological polar surface area (TPSA) is 121 Å². The summed E-state index contributed by atoms with van der Waals surface area (Å²) in [4.78, 5) is 22.7. The van der Waals surface area contributed by atoms with Crippen LogP contribution in [-0.4, -0.2) is 30.4 Å². The predicted molar refractivity (Wildman–Crippen MR) is 115 cm³/mol. The maximum atomic E-state index is 12.4. The molecule has 158 valence electrons. The summed E-state index contributed by atoms with van der Waals surface area (Å²) in [5, 5.41) is 22.4. The third kappa shape index (κ3) is 5.01. The Morgan fingerprint density at radius 3 is 2.77 bits per heavy atom. The van der Waals surface area contributed by atoms with Crippen molar-refractivity contribution in [2.24, 2.45) is 0 Å². The number of rotatable bonds is 7. The van der Waals surface area contributed by atoms with Crippen LogP contribution in [0.15, 0.2) is 63.7 Å². The minimum atomic E-state index is -0.590. The van der Waals surface area contributed by atoms with Gasteiger partial charge in [-0.25, -0.2) is 0 Å². The summed E-state index contributed by atoms with van der Waals surface area (Å²) in [7, 11) is 0. The first kappa shape index (κ1) is 20.8. The Hall–Kier alpha value is -3.44. The highest BCUT2D eigenvalue weighted by Gasteiger charge is 2.20. The highest BCUT2D eigenvalue weighted by atomic mass is 79.9. The Morgan fingerprint density at radius 1 is 1.19 bits per heavy atom. The fraction of sp³-hybridized carbons (Fsp3) is 0.105. The van der Waals surface area contributed by atoms with Gasteiger partial charge in [0.15, 0.2) is 11.6 Å². The number of nitrogens with zero attached hydrogens (tertiary/aromatic N) is 5. The van der Waals surface area contributed by atoms with Gasteiger partial charge in [0, 0.05) is 17.3 Å². The largest absolute Gasteiger partial charge is 0.454 e. The zero-order valence-electron chi connectivity index (χ0n) is 15.7. The van der Waals surface area contributed by atoms with Gasteiger partial charge in [-0.05, 0) is 50.7 Å². The minimum absolute atomic E-state index is 0.0834. The van der Waals surface area contributed by atoms with Gasteiger partial charge in [0.1, 0.15) is 16.8 Å². The molecular formula is C19H14BrClN6O4. The molecule has 1 aromatic carbocycles. The zero-order valence-corrected chi connectivity index (χ0v) is 18.1. The Morgan fingerprint density at radius 2 is 2.03 bits per heavy atom. The standard InChI is InChI=1S/C19H14BrClN6O4/c20-15-11-26(24-18(15)27(29)30)10-14-4-5-16(31-14)19(28)22-17-6-7-25(23-17)9-12-2-1-3-13(21)8-12/h1-8,11H,9-10H2,(H,22,23,28). The quantitative estimate of drug-likeness (QED) is 0.294. The van der Waals surface area contributed by atoms with Gasteiger partial charge in [-0.2, -0.15) is 9.78 Å². The lowest BCUT2D eigenvalue weighted by Gasteiger charge is -2.03. The molecule has 0 saturated carbocycles. The molecule has 1 amide bonds. The number of nitrogens with one attached hydrogen (secondary N) is 1. The molecule has 1 N–H and O–H groups in total. The van der Waals surface area contributed by atoms with Crippen molar-refractivity contribution < 1.29 is 14.1 Å². The Kier molecular flexibility index (Phi) is 5.87. The summed E-state index contributed by atoms with van der Waals surface area (Å²) in [6.45, 7) is 0.640. The van der Waals surface area contributed by atoms with E-state index in [0.717, 1.165) is 5.56 Å². The second kappa shape index (κ2) is 8.74. The zero-order chi connectivity index (χ0) is 22.0. The molecule has 0 radical (unpaired) electrons. The molecule has 12 heteroatoms. The summed E-state index contributed by atoms with van der Waals surface area (Å²) in [6.07, 6.45) is 3.21. The number of carbonyl (C=O) groups is 1. The maximum Gasteiger partial charge on any atom is 0.404 e. The molecular weight excluding hydrogens is 492 g/mol. The number of amides is 1. The number of furan rings is 1. The Balaban J connectivity index is 1.38. The lowest BCUT2D eigenvalue weighted by atomic mass is 10.2. The Labute approximate surface area is 188 Å². The van der Waals surface area contributed by atoms with Crippen LogP contribution in [0.5, 0.6) is 0 Å². The van der Waals surface area contributed by atoms with Crippen molar-refractivity contribution in [3.63, 3.8) is 0 Å². The van der Waals surface area contributed by atoms with Crippen LogP contribution in [0.1, 0.15) is 21.9 Å². The number of hydrogen-bond acceptors (Lipinski definition) is 6. The van der Waals surface area contributed by atoms with E-state index in [4.69, 9.17) is 16.0 Å². The fourth-order valence-electron chi connectivity index (χ4n) is 2.85. The van der Waals surface area contributed by atoms with Gasteiger partial charge < -0.3 is 19.8 Å². The summed E-state index contributed by atoms with van der Waals surface area (Å²) >= 11 is 9.08. The van der Waals surface area contributed by atoms with Crippen LogP contribution in [-0.2, 0) is 13.1 Å². The molecule has 4 aromatic rings. The van der Waals surface area contributed by atoms with Crippen LogP contribution in [0.3, 0.4) is 0 Å². The van der Waals surface area contributed by atoms with Crippen molar-refractivity contribution >= 4 is 45.1 Å². The number of carbonyl (C=O) groups excluding carboxylic acids is 1. The average Bonchev–Trinajstić information content (AvgIpc) is 3.43. The molecule has 0 fully saturated rings. The molecule has 0 aliphatic rings. The molecule has 10 nitrogen and oxygen atoms in total. The molecule has 31 heavy (non-hydrogen) atoms. The van der Waals surface area contributed by atoms with Gasteiger partial charge in [-0.1, -0.05) is 23.7 Å². The van der Waals surface area contributed by atoms with Crippen molar-refractivity contribution in [3.8, 4) is 0 Å². The van der Waals surface area contributed by atoms with Gasteiger partial charge in [0.2, 0.25) is 0 Å². The smallest absolute Gasteiger partial charge is 0.404 e. The molecule has 0 aliphatic carbocycles. The molecule has 0 aliphatic heterocycles. The van der Waals surface area contributed by atoms with Crippen molar-refractivity contribution in [2.75, 3.05) is 5.32 Å². The van der Waals surface area contributed by atoms with Crippen LogP contribution in [0, 0.1) is 10.1 Å². The fourth-order valence-corrected chi connectivity index (χ4v) is 3.53. The second-order valence-corrected chi connectivity index (χ2v) is 7.79. The molecule has 0 atom stereocenters. The average molecular weight is 506 g/mol. The van der Waals surface area contributed by atoms with Crippen molar-refractivity contribution in [2.45, 2.75) is 13.1 Å². The highest BCUT2D eigenvalue weighted by molar-refractivity contribution is 9.10. The first-order valence-corrected chi connectivity index (χ1v) is 10.1. The van der Waals surface area contributed by atoms with E-state index >= 15 is 0 Å². The van der Waals surface area contributed by atoms with E-state index in [2.05, 4.69) is 31.4 Å². The predicted octanol–water partition coefficient (Wildman–Crippen LogP) is 4.35. The monoisotopic (exact) mass is 504 g/mol. The van der Waals surface area contributed by atoms with Gasteiger partial charge in [0.05, 0.1) is 17.8 Å². The first-order chi connectivity index (χ1) is 14.9. The number of hydrogen-bond donors (Lipinski definition) is 1. The van der Waals surface area contributed by atoms with Crippen LogP contribution < -0.4 is 5.32 Å². The molecule has 0 saturated heterocycles. The SMILES string of the molecule is O=C(Nc1ccn(Cc2cccc(Cl)c2)n1)c1ccc(Cn2cc(Br)c([N+](=O)[O-])n2)o1. The summed E-state index contributed by atoms with van der Waals surface area (Å²) < 4.78 is 8.82. The molecule has 0 bridgehead atoms. The van der Waals surface area contributed by atoms with Crippen LogP contribution in [0.2, 0.25) is 5.02 Å². The van der Waals surface area contributed by atoms with Crippen LogP contribution in [0.4, 0.5) is 11.6 Å². The number of nitro groups is 1. The maximum absolute atomic E-state index is 12.4. The summed E-state index contributed by atoms with van der Waals surface area (Å²) in [5.74, 6) is 0.114. The number of aromatic nitrogens is 4. The van der Waals surface area contributed by atoms with E-state index in [9.17, 15) is 14.9 Å². The second-order valence-electron chi connectivity index (χ2n) is 6.50. The van der Waals surface area contributed by atoms with E-state index in [0.29, 0.717) is 23.1 Å². The van der Waals surface area contributed by atoms with Crippen LogP contribution >= 0.6 is 27.5 Å². The first-order valence-electron chi connectivity index (χ1n) is 8.93. The lowest BCUT2D eigenvalue weighted by molar-refractivity contribution is -0.390. The highest BCUT2D eigenvalue weighted by Crippen LogP contribution is 2.23. The molecule has 3 heterocycles. The van der Waals surface area contributed by atoms with E-state index < -0.39 is 10.8 Å². The minimum Gasteiger partial charge on any atom is -0.454 e. The Bertz CT molecular complexity index is 1260. The summed E-state index contributed by atoms with van der Waals surface area (Å²) in [5.41, 5.74) is 0.981. The van der Waals surface area contributed by atoms with Gasteiger partial charge in [0.25, 0.3) is 5.91 Å². The number of anilines is 1. The third-order valence-corrected chi connectivity index (χ3v) is 4.99. The van der Waals surface area contributed by atoms with Crippen molar-refractivity contribution in [1.29, 1.82) is 0 Å². The van der Waals surface area contributed by atoms with Gasteiger partial charge in [-0.15, -0.1) is 0 Å². The van der Waals surface area contributed by atoms with E-state index in [1.165, 1.54) is 16.9 Å². The summed E-state index contributed by atoms with van der Waals surface area (Å²) in [6, 6.07) is 12.2. The molecule has 4 rings (SSSR count). The molecule has 0 unspecified atom stereocenters. The van der Waals surface area contributed by atoms with E-state index in [1.807, 2.05) is 18.2 Å². The van der Waals surface area contributed by atoms with Gasteiger partial charge in [-0.3, -0.25) is 9.48 Å². The van der Waals surface area contributed by atoms with Gasteiger partial charge >= 0.3 is 5.82 Å². The van der Waals surface area contributed by atoms with Crippen LogP contribution in [0.25, 0.3) is 0 Å². The van der Waals surface area contributed by atoms with E-state index in [1.54, 1.807) is 29.1 Å². The van der Waals surface area contributed by atoms with Crippen molar-refractivity contribution in [1.82, 2.24) is 19.6 Å². The lowest BCUT2D eigenvalue weighted by Crippen LogP contribution is -2.12. The molecule has 3 aromatic heterocycles. The number of halogens is 2. The normalized spacial score (nSPS) is 10.9.